The number of ether oxygens (including phenoxy) is 1. The highest BCUT2D eigenvalue weighted by Gasteiger charge is 2.16. The minimum atomic E-state index is 0.614. The first-order valence-electron chi connectivity index (χ1n) is 9.30. The van der Waals surface area contributed by atoms with Crippen molar-refractivity contribution in [3.8, 4) is 11.3 Å². The lowest BCUT2D eigenvalue weighted by molar-refractivity contribution is 0.122. The highest BCUT2D eigenvalue weighted by atomic mass is 16.5. The molecule has 1 N–H and O–H groups in total. The van der Waals surface area contributed by atoms with Crippen LogP contribution in [0.2, 0.25) is 0 Å². The molecule has 2 heterocycles. The van der Waals surface area contributed by atoms with Gasteiger partial charge in [-0.2, -0.15) is 4.98 Å². The average Bonchev–Trinajstić information content (AvgIpc) is 2.68. The Balaban J connectivity index is 1.73. The quantitative estimate of drug-likeness (QED) is 0.750. The van der Waals surface area contributed by atoms with E-state index in [2.05, 4.69) is 60.5 Å². The van der Waals surface area contributed by atoms with Crippen molar-refractivity contribution in [2.45, 2.75) is 13.8 Å². The molecule has 4 rings (SSSR count). The molecule has 0 radical (unpaired) electrons. The Kier molecular flexibility index (Phi) is 5.03. The minimum absolute atomic E-state index is 0.614. The molecule has 1 aliphatic rings. The second-order valence-corrected chi connectivity index (χ2v) is 6.90. The Hall–Kier alpha value is -2.92. The summed E-state index contributed by atoms with van der Waals surface area (Å²) < 4.78 is 5.49. The third kappa shape index (κ3) is 4.26. The number of benzene rings is 2. The zero-order chi connectivity index (χ0) is 18.6. The molecule has 0 saturated carbocycles. The Bertz CT molecular complexity index is 901. The molecule has 0 spiro atoms. The molecule has 27 heavy (non-hydrogen) atoms. The van der Waals surface area contributed by atoms with Gasteiger partial charge in [-0.3, -0.25) is 0 Å². The molecule has 138 valence electrons. The van der Waals surface area contributed by atoms with Gasteiger partial charge in [-0.25, -0.2) is 4.98 Å². The zero-order valence-electron chi connectivity index (χ0n) is 15.8. The molecule has 0 bridgehead atoms. The average molecular weight is 360 g/mol. The van der Waals surface area contributed by atoms with Crippen LogP contribution in [0.5, 0.6) is 0 Å². The summed E-state index contributed by atoms with van der Waals surface area (Å²) in [6, 6.07) is 18.7. The maximum absolute atomic E-state index is 5.49. The van der Waals surface area contributed by atoms with Crippen molar-refractivity contribution < 1.29 is 4.74 Å². The monoisotopic (exact) mass is 360 g/mol. The van der Waals surface area contributed by atoms with Crippen LogP contribution >= 0.6 is 0 Å². The number of aryl methyl sites for hydroxylation is 2. The van der Waals surface area contributed by atoms with Crippen molar-refractivity contribution in [1.29, 1.82) is 0 Å². The largest absolute Gasteiger partial charge is 0.378 e. The van der Waals surface area contributed by atoms with E-state index < -0.39 is 0 Å². The fourth-order valence-corrected chi connectivity index (χ4v) is 3.38. The summed E-state index contributed by atoms with van der Waals surface area (Å²) in [7, 11) is 0. The molecule has 2 aromatic carbocycles. The molecule has 1 aromatic heterocycles. The van der Waals surface area contributed by atoms with Gasteiger partial charge in [0.15, 0.2) is 0 Å². The van der Waals surface area contributed by atoms with Gasteiger partial charge < -0.3 is 15.0 Å². The molecule has 5 heteroatoms. The second-order valence-electron chi connectivity index (χ2n) is 6.90. The topological polar surface area (TPSA) is 50.3 Å². The SMILES string of the molecule is Cc1cc(C)cc(Nc2nc(-c3ccccc3)cc(N3CCOCC3)n2)c1. The van der Waals surface area contributed by atoms with Gasteiger partial charge in [0.1, 0.15) is 5.82 Å². The summed E-state index contributed by atoms with van der Waals surface area (Å²) >= 11 is 0. The first kappa shape index (κ1) is 17.5. The molecule has 1 aliphatic heterocycles. The maximum atomic E-state index is 5.49. The summed E-state index contributed by atoms with van der Waals surface area (Å²) in [6.45, 7) is 7.33. The number of hydrogen-bond acceptors (Lipinski definition) is 5. The van der Waals surface area contributed by atoms with Crippen molar-refractivity contribution in [3.05, 3.63) is 65.7 Å². The van der Waals surface area contributed by atoms with E-state index in [9.17, 15) is 0 Å². The Morgan fingerprint density at radius 3 is 2.30 bits per heavy atom. The van der Waals surface area contributed by atoms with Crippen molar-refractivity contribution in [2.24, 2.45) is 0 Å². The predicted molar refractivity (Wildman–Crippen MR) is 110 cm³/mol. The van der Waals surface area contributed by atoms with Crippen LogP contribution in [0.4, 0.5) is 17.5 Å². The lowest BCUT2D eigenvalue weighted by Gasteiger charge is -2.28. The molecule has 0 amide bonds. The molecule has 0 aliphatic carbocycles. The molecule has 1 saturated heterocycles. The molecule has 3 aromatic rings. The molecular weight excluding hydrogens is 336 g/mol. The highest BCUT2D eigenvalue weighted by Crippen LogP contribution is 2.26. The van der Waals surface area contributed by atoms with Crippen molar-refractivity contribution in [1.82, 2.24) is 9.97 Å². The van der Waals surface area contributed by atoms with Gasteiger partial charge >= 0.3 is 0 Å². The summed E-state index contributed by atoms with van der Waals surface area (Å²) in [5, 5.41) is 3.40. The molecule has 0 atom stereocenters. The number of aromatic nitrogens is 2. The fourth-order valence-electron chi connectivity index (χ4n) is 3.38. The van der Waals surface area contributed by atoms with Gasteiger partial charge in [-0.05, 0) is 37.1 Å². The number of nitrogens with zero attached hydrogens (tertiary/aromatic N) is 3. The molecule has 1 fully saturated rings. The van der Waals surface area contributed by atoms with E-state index >= 15 is 0 Å². The van der Waals surface area contributed by atoms with Gasteiger partial charge in [0.2, 0.25) is 5.95 Å². The van der Waals surface area contributed by atoms with Crippen LogP contribution in [0.3, 0.4) is 0 Å². The second kappa shape index (κ2) is 7.76. The maximum Gasteiger partial charge on any atom is 0.229 e. The van der Waals surface area contributed by atoms with Crippen LogP contribution in [-0.2, 0) is 4.74 Å². The first-order chi connectivity index (χ1) is 13.2. The molecule has 0 unspecified atom stereocenters. The third-order valence-electron chi connectivity index (χ3n) is 4.60. The minimum Gasteiger partial charge on any atom is -0.378 e. The van der Waals surface area contributed by atoms with Crippen LogP contribution in [0.25, 0.3) is 11.3 Å². The summed E-state index contributed by atoms with van der Waals surface area (Å²) in [5.74, 6) is 1.54. The Morgan fingerprint density at radius 1 is 0.889 bits per heavy atom. The van der Waals surface area contributed by atoms with Crippen LogP contribution in [-0.4, -0.2) is 36.3 Å². The number of nitrogens with one attached hydrogen (secondary N) is 1. The summed E-state index contributed by atoms with van der Waals surface area (Å²) in [5.41, 5.74) is 5.43. The van der Waals surface area contributed by atoms with Crippen molar-refractivity contribution in [3.63, 3.8) is 0 Å². The predicted octanol–water partition coefficient (Wildman–Crippen LogP) is 4.34. The Labute approximate surface area is 160 Å². The van der Waals surface area contributed by atoms with Gasteiger partial charge in [-0.15, -0.1) is 0 Å². The van der Waals surface area contributed by atoms with Crippen LogP contribution < -0.4 is 10.2 Å². The van der Waals surface area contributed by atoms with Crippen LogP contribution in [0.1, 0.15) is 11.1 Å². The van der Waals surface area contributed by atoms with E-state index in [1.165, 1.54) is 11.1 Å². The van der Waals surface area contributed by atoms with E-state index in [0.29, 0.717) is 5.95 Å². The number of rotatable bonds is 4. The smallest absolute Gasteiger partial charge is 0.229 e. The zero-order valence-corrected chi connectivity index (χ0v) is 15.8. The number of anilines is 3. The standard InChI is InChI=1S/C22H24N4O/c1-16-12-17(2)14-19(13-16)23-22-24-20(18-6-4-3-5-7-18)15-21(25-22)26-8-10-27-11-9-26/h3-7,12-15H,8-11H2,1-2H3,(H,23,24,25). The highest BCUT2D eigenvalue weighted by molar-refractivity contribution is 5.67. The summed E-state index contributed by atoms with van der Waals surface area (Å²) in [6.07, 6.45) is 0. The van der Waals surface area contributed by atoms with Crippen molar-refractivity contribution >= 4 is 17.5 Å². The molecule has 5 nitrogen and oxygen atoms in total. The first-order valence-corrected chi connectivity index (χ1v) is 9.30. The number of morpholine rings is 1. The van der Waals surface area contributed by atoms with Crippen LogP contribution in [0, 0.1) is 13.8 Å². The van der Waals surface area contributed by atoms with Crippen molar-refractivity contribution in [2.75, 3.05) is 36.5 Å². The molecular formula is C22H24N4O. The van der Waals surface area contributed by atoms with E-state index in [4.69, 9.17) is 14.7 Å². The van der Waals surface area contributed by atoms with E-state index in [1.54, 1.807) is 0 Å². The fraction of sp³-hybridized carbons (Fsp3) is 0.273. The normalized spacial score (nSPS) is 14.2. The van der Waals surface area contributed by atoms with Gasteiger partial charge in [0.25, 0.3) is 0 Å². The third-order valence-corrected chi connectivity index (χ3v) is 4.60. The van der Waals surface area contributed by atoms with E-state index in [-0.39, 0.29) is 0 Å². The van der Waals surface area contributed by atoms with Crippen LogP contribution in [0.15, 0.2) is 54.6 Å². The van der Waals surface area contributed by atoms with Gasteiger partial charge in [0, 0.05) is 30.4 Å². The number of hydrogen-bond donors (Lipinski definition) is 1. The lowest BCUT2D eigenvalue weighted by Crippen LogP contribution is -2.36. The van der Waals surface area contributed by atoms with Gasteiger partial charge in [0.05, 0.1) is 18.9 Å². The van der Waals surface area contributed by atoms with E-state index in [1.807, 2.05) is 18.2 Å². The Morgan fingerprint density at radius 2 is 1.59 bits per heavy atom. The van der Waals surface area contributed by atoms with Gasteiger partial charge in [-0.1, -0.05) is 36.4 Å². The summed E-state index contributed by atoms with van der Waals surface area (Å²) in [4.78, 5) is 11.8. The van der Waals surface area contributed by atoms with E-state index in [0.717, 1.165) is 49.1 Å². The lowest BCUT2D eigenvalue weighted by atomic mass is 10.1.